The minimum atomic E-state index is 0.954. The molecule has 1 aliphatic rings. The smallest absolute Gasteiger partial charge is 0.128 e. The number of anilines is 1. The molecule has 2 aromatic rings. The number of pyridine rings is 1. The summed E-state index contributed by atoms with van der Waals surface area (Å²) < 4.78 is 0. The van der Waals surface area contributed by atoms with E-state index in [1.165, 1.54) is 11.1 Å². The van der Waals surface area contributed by atoms with Gasteiger partial charge in [0.05, 0.1) is 11.0 Å². The van der Waals surface area contributed by atoms with Crippen molar-refractivity contribution in [3.63, 3.8) is 0 Å². The summed E-state index contributed by atoms with van der Waals surface area (Å²) in [7, 11) is 4.04. The average Bonchev–Trinajstić information content (AvgIpc) is 2.82. The highest BCUT2D eigenvalue weighted by molar-refractivity contribution is 5.90. The maximum atomic E-state index is 4.74. The summed E-state index contributed by atoms with van der Waals surface area (Å²) in [4.78, 5) is 10.1. The third-order valence-corrected chi connectivity index (χ3v) is 3.38. The van der Waals surface area contributed by atoms with Crippen LogP contribution in [0.15, 0.2) is 24.4 Å². The monoisotopic (exact) mass is 242 g/mol. The van der Waals surface area contributed by atoms with Gasteiger partial charge in [0.15, 0.2) is 0 Å². The van der Waals surface area contributed by atoms with Gasteiger partial charge in [0.1, 0.15) is 5.82 Å². The molecular weight excluding hydrogens is 224 g/mol. The van der Waals surface area contributed by atoms with Crippen molar-refractivity contribution in [1.82, 2.24) is 15.3 Å². The van der Waals surface area contributed by atoms with Crippen LogP contribution in [0.4, 0.5) is 5.82 Å². The maximum Gasteiger partial charge on any atom is 0.128 e. The van der Waals surface area contributed by atoms with Crippen LogP contribution < -0.4 is 10.2 Å². The Bertz CT molecular complexity index is 595. The molecule has 0 aliphatic carbocycles. The summed E-state index contributed by atoms with van der Waals surface area (Å²) >= 11 is 0. The number of aromatic amines is 1. The molecule has 0 aromatic carbocycles. The van der Waals surface area contributed by atoms with Gasteiger partial charge in [-0.05, 0) is 30.7 Å². The van der Waals surface area contributed by atoms with E-state index in [9.17, 15) is 0 Å². The lowest BCUT2D eigenvalue weighted by molar-refractivity contribution is 0.739. The zero-order chi connectivity index (χ0) is 12.5. The van der Waals surface area contributed by atoms with Gasteiger partial charge < -0.3 is 15.2 Å². The molecule has 18 heavy (non-hydrogen) atoms. The number of hydrogen-bond acceptors (Lipinski definition) is 3. The van der Waals surface area contributed by atoms with E-state index in [0.717, 1.165) is 36.4 Å². The fourth-order valence-electron chi connectivity index (χ4n) is 2.35. The summed E-state index contributed by atoms with van der Waals surface area (Å²) in [6.45, 7) is 2.00. The molecule has 2 aromatic heterocycles. The van der Waals surface area contributed by atoms with Crippen LogP contribution in [-0.2, 0) is 0 Å². The molecule has 0 atom stereocenters. The molecule has 0 unspecified atom stereocenters. The predicted molar refractivity (Wildman–Crippen MR) is 75.9 cm³/mol. The highest BCUT2D eigenvalue weighted by Crippen LogP contribution is 2.27. The van der Waals surface area contributed by atoms with E-state index in [-0.39, 0.29) is 0 Å². The number of rotatable bonds is 2. The van der Waals surface area contributed by atoms with Crippen molar-refractivity contribution in [1.29, 1.82) is 0 Å². The first-order valence-corrected chi connectivity index (χ1v) is 6.31. The standard InChI is InChI=1S/C14H18N4/c1-18(2)13-4-3-12-14(17-13)11(9-16-12)10-5-7-15-8-6-10/h3-5,9,15-16H,6-8H2,1-2H3. The minimum Gasteiger partial charge on any atom is -0.363 e. The van der Waals surface area contributed by atoms with Gasteiger partial charge in [-0.2, -0.15) is 0 Å². The van der Waals surface area contributed by atoms with Crippen molar-refractivity contribution in [2.45, 2.75) is 6.42 Å². The number of H-pyrrole nitrogens is 1. The largest absolute Gasteiger partial charge is 0.363 e. The number of nitrogens with one attached hydrogen (secondary N) is 2. The van der Waals surface area contributed by atoms with Crippen LogP contribution in [0.25, 0.3) is 16.6 Å². The zero-order valence-corrected chi connectivity index (χ0v) is 10.8. The van der Waals surface area contributed by atoms with Gasteiger partial charge in [0.25, 0.3) is 0 Å². The molecular formula is C14H18N4. The first-order valence-electron chi connectivity index (χ1n) is 6.31. The van der Waals surface area contributed by atoms with E-state index < -0.39 is 0 Å². The molecule has 3 rings (SSSR count). The molecule has 1 aliphatic heterocycles. The van der Waals surface area contributed by atoms with E-state index in [1.54, 1.807) is 0 Å². The molecule has 2 N–H and O–H groups in total. The third-order valence-electron chi connectivity index (χ3n) is 3.38. The lowest BCUT2D eigenvalue weighted by Gasteiger charge is -2.14. The highest BCUT2D eigenvalue weighted by atomic mass is 15.1. The Kier molecular flexibility index (Phi) is 2.80. The van der Waals surface area contributed by atoms with Crippen LogP contribution >= 0.6 is 0 Å². The van der Waals surface area contributed by atoms with Crippen LogP contribution in [0.2, 0.25) is 0 Å². The molecule has 0 saturated carbocycles. The van der Waals surface area contributed by atoms with Crippen molar-refractivity contribution in [2.75, 3.05) is 32.1 Å². The van der Waals surface area contributed by atoms with Crippen LogP contribution in [0, 0.1) is 0 Å². The second kappa shape index (κ2) is 4.46. The van der Waals surface area contributed by atoms with Crippen molar-refractivity contribution in [3.05, 3.63) is 30.0 Å². The second-order valence-electron chi connectivity index (χ2n) is 4.85. The molecule has 4 heteroatoms. The highest BCUT2D eigenvalue weighted by Gasteiger charge is 2.12. The van der Waals surface area contributed by atoms with Crippen LogP contribution in [0.1, 0.15) is 12.0 Å². The number of hydrogen-bond donors (Lipinski definition) is 2. The predicted octanol–water partition coefficient (Wildman–Crippen LogP) is 2.01. The van der Waals surface area contributed by atoms with Gasteiger partial charge in [-0.25, -0.2) is 4.98 Å². The summed E-state index contributed by atoms with van der Waals surface area (Å²) in [5.41, 5.74) is 4.82. The van der Waals surface area contributed by atoms with Crippen molar-refractivity contribution < 1.29 is 0 Å². The van der Waals surface area contributed by atoms with Crippen molar-refractivity contribution in [3.8, 4) is 0 Å². The summed E-state index contributed by atoms with van der Waals surface area (Å²) in [6, 6.07) is 4.14. The van der Waals surface area contributed by atoms with E-state index in [2.05, 4.69) is 28.6 Å². The fraction of sp³-hybridized carbons (Fsp3) is 0.357. The fourth-order valence-corrected chi connectivity index (χ4v) is 2.35. The first kappa shape index (κ1) is 11.3. The Labute approximate surface area is 107 Å². The molecule has 0 spiro atoms. The Morgan fingerprint density at radius 2 is 2.17 bits per heavy atom. The van der Waals surface area contributed by atoms with E-state index in [4.69, 9.17) is 4.98 Å². The SMILES string of the molecule is CN(C)c1ccc2[nH]cc(C3=CCNCC3)c2n1. The van der Waals surface area contributed by atoms with Gasteiger partial charge in [0.2, 0.25) is 0 Å². The van der Waals surface area contributed by atoms with Crippen LogP contribution in [0.3, 0.4) is 0 Å². The van der Waals surface area contributed by atoms with E-state index in [0.29, 0.717) is 0 Å². The van der Waals surface area contributed by atoms with E-state index in [1.807, 2.05) is 25.1 Å². The van der Waals surface area contributed by atoms with Crippen molar-refractivity contribution in [2.24, 2.45) is 0 Å². The Balaban J connectivity index is 2.11. The first-order chi connectivity index (χ1) is 8.75. The van der Waals surface area contributed by atoms with Gasteiger partial charge in [-0.3, -0.25) is 0 Å². The molecule has 0 saturated heterocycles. The van der Waals surface area contributed by atoms with E-state index >= 15 is 0 Å². The van der Waals surface area contributed by atoms with Gasteiger partial charge in [-0.1, -0.05) is 6.08 Å². The lowest BCUT2D eigenvalue weighted by atomic mass is 10.0. The number of nitrogens with zero attached hydrogens (tertiary/aromatic N) is 2. The van der Waals surface area contributed by atoms with Crippen LogP contribution in [-0.4, -0.2) is 37.2 Å². The molecule has 0 fully saturated rings. The Morgan fingerprint density at radius 1 is 1.28 bits per heavy atom. The topological polar surface area (TPSA) is 44.0 Å². The molecule has 3 heterocycles. The minimum absolute atomic E-state index is 0.954. The zero-order valence-electron chi connectivity index (χ0n) is 10.8. The van der Waals surface area contributed by atoms with Gasteiger partial charge in [0, 0.05) is 32.4 Å². The number of aromatic nitrogens is 2. The molecule has 94 valence electrons. The molecule has 0 bridgehead atoms. The Hall–Kier alpha value is -1.81. The third kappa shape index (κ3) is 1.88. The second-order valence-corrected chi connectivity index (χ2v) is 4.85. The summed E-state index contributed by atoms with van der Waals surface area (Å²) in [5.74, 6) is 0.998. The maximum absolute atomic E-state index is 4.74. The molecule has 0 radical (unpaired) electrons. The molecule has 4 nitrogen and oxygen atoms in total. The van der Waals surface area contributed by atoms with Gasteiger partial charge >= 0.3 is 0 Å². The van der Waals surface area contributed by atoms with Crippen LogP contribution in [0.5, 0.6) is 0 Å². The quantitative estimate of drug-likeness (QED) is 0.846. The average molecular weight is 242 g/mol. The molecule has 0 amide bonds. The lowest BCUT2D eigenvalue weighted by Crippen LogP contribution is -2.20. The summed E-state index contributed by atoms with van der Waals surface area (Å²) in [5, 5.41) is 3.34. The number of fused-ring (bicyclic) bond motifs is 1. The van der Waals surface area contributed by atoms with Crippen molar-refractivity contribution >= 4 is 22.4 Å². The normalized spacial score (nSPS) is 15.8. The van der Waals surface area contributed by atoms with Gasteiger partial charge in [-0.15, -0.1) is 0 Å². The summed E-state index contributed by atoms with van der Waals surface area (Å²) in [6.07, 6.45) is 5.41. The Morgan fingerprint density at radius 3 is 2.89 bits per heavy atom.